The lowest BCUT2D eigenvalue weighted by Crippen LogP contribution is -2.27. The van der Waals surface area contributed by atoms with Crippen molar-refractivity contribution in [3.05, 3.63) is 29.3 Å². The number of hydrogen-bond donors (Lipinski definition) is 1. The molecule has 1 fully saturated rings. The summed E-state index contributed by atoms with van der Waals surface area (Å²) in [6.07, 6.45) is 3.30. The lowest BCUT2D eigenvalue weighted by molar-refractivity contribution is 0.0247. The van der Waals surface area contributed by atoms with Crippen LogP contribution in [0.4, 0.5) is 14.5 Å². The van der Waals surface area contributed by atoms with Gasteiger partial charge in [-0.15, -0.1) is 0 Å². The Kier molecular flexibility index (Phi) is 3.94. The molecular formula is C13H17F2NO. The van der Waals surface area contributed by atoms with Crippen LogP contribution in [0.25, 0.3) is 0 Å². The summed E-state index contributed by atoms with van der Waals surface area (Å²) in [5.74, 6) is -0.807. The van der Waals surface area contributed by atoms with Gasteiger partial charge in [-0.05, 0) is 37.8 Å². The third-order valence-electron chi connectivity index (χ3n) is 3.04. The van der Waals surface area contributed by atoms with E-state index >= 15 is 0 Å². The van der Waals surface area contributed by atoms with Crippen molar-refractivity contribution in [2.45, 2.75) is 32.3 Å². The smallest absolute Gasteiger partial charge is 0.146 e. The second-order valence-corrected chi connectivity index (χ2v) is 4.45. The van der Waals surface area contributed by atoms with E-state index in [0.717, 1.165) is 25.9 Å². The van der Waals surface area contributed by atoms with Gasteiger partial charge in [0.2, 0.25) is 0 Å². The zero-order chi connectivity index (χ0) is 12.3. The van der Waals surface area contributed by atoms with E-state index in [1.807, 2.05) is 0 Å². The third kappa shape index (κ3) is 3.16. The molecule has 0 amide bonds. The molecule has 1 aliphatic heterocycles. The maximum Gasteiger partial charge on any atom is 0.146 e. The van der Waals surface area contributed by atoms with Crippen LogP contribution in [0.5, 0.6) is 0 Å². The molecule has 1 aromatic rings. The minimum Gasteiger partial charge on any atom is -0.380 e. The lowest BCUT2D eigenvalue weighted by Gasteiger charge is -2.23. The molecule has 94 valence electrons. The number of aryl methyl sites for hydroxylation is 1. The summed E-state index contributed by atoms with van der Waals surface area (Å²) in [6.45, 7) is 2.84. The monoisotopic (exact) mass is 241 g/mol. The molecule has 1 N–H and O–H groups in total. The van der Waals surface area contributed by atoms with Gasteiger partial charge in [-0.25, -0.2) is 8.78 Å². The van der Waals surface area contributed by atoms with Crippen molar-refractivity contribution in [2.24, 2.45) is 0 Å². The SMILES string of the molecule is Cc1cc(F)c(NCC2CCCCO2)cc1F. The van der Waals surface area contributed by atoms with E-state index in [1.54, 1.807) is 6.92 Å². The number of nitrogens with one attached hydrogen (secondary N) is 1. The molecule has 1 saturated heterocycles. The van der Waals surface area contributed by atoms with Crippen LogP contribution in [0.15, 0.2) is 12.1 Å². The molecule has 0 aromatic heterocycles. The predicted octanol–water partition coefficient (Wildman–Crippen LogP) is 3.25. The van der Waals surface area contributed by atoms with Crippen LogP contribution in [0, 0.1) is 18.6 Å². The quantitative estimate of drug-likeness (QED) is 0.877. The highest BCUT2D eigenvalue weighted by Gasteiger charge is 2.14. The lowest BCUT2D eigenvalue weighted by atomic mass is 10.1. The molecule has 1 atom stereocenters. The zero-order valence-electron chi connectivity index (χ0n) is 9.93. The topological polar surface area (TPSA) is 21.3 Å². The summed E-state index contributed by atoms with van der Waals surface area (Å²) >= 11 is 0. The largest absolute Gasteiger partial charge is 0.380 e. The van der Waals surface area contributed by atoms with E-state index in [1.165, 1.54) is 12.1 Å². The van der Waals surface area contributed by atoms with Crippen LogP contribution < -0.4 is 5.32 Å². The zero-order valence-corrected chi connectivity index (χ0v) is 9.93. The molecule has 1 aliphatic rings. The number of hydrogen-bond acceptors (Lipinski definition) is 2. The summed E-state index contributed by atoms with van der Waals surface area (Å²) in [6, 6.07) is 2.41. The van der Waals surface area contributed by atoms with E-state index in [-0.39, 0.29) is 11.8 Å². The number of anilines is 1. The Labute approximate surface area is 100.0 Å². The van der Waals surface area contributed by atoms with Gasteiger partial charge in [-0.3, -0.25) is 0 Å². The predicted molar refractivity (Wildman–Crippen MR) is 63.2 cm³/mol. The normalized spacial score (nSPS) is 20.3. The van der Waals surface area contributed by atoms with E-state index in [9.17, 15) is 8.78 Å². The fraction of sp³-hybridized carbons (Fsp3) is 0.538. The Morgan fingerprint density at radius 2 is 2.12 bits per heavy atom. The number of ether oxygens (including phenoxy) is 1. The van der Waals surface area contributed by atoms with Gasteiger partial charge in [-0.1, -0.05) is 0 Å². The molecule has 1 heterocycles. The average molecular weight is 241 g/mol. The first-order chi connectivity index (χ1) is 8.16. The second-order valence-electron chi connectivity index (χ2n) is 4.45. The summed E-state index contributed by atoms with van der Waals surface area (Å²) in [5.41, 5.74) is 0.532. The highest BCUT2D eigenvalue weighted by Crippen LogP contribution is 2.20. The molecular weight excluding hydrogens is 224 g/mol. The molecule has 2 rings (SSSR count). The van der Waals surface area contributed by atoms with Crippen molar-refractivity contribution in [3.8, 4) is 0 Å². The van der Waals surface area contributed by atoms with Crippen LogP contribution in [-0.2, 0) is 4.74 Å². The number of halogens is 2. The van der Waals surface area contributed by atoms with Gasteiger partial charge in [0.05, 0.1) is 11.8 Å². The van der Waals surface area contributed by atoms with Gasteiger partial charge in [-0.2, -0.15) is 0 Å². The first-order valence-electron chi connectivity index (χ1n) is 5.98. The Bertz CT molecular complexity index is 389. The highest BCUT2D eigenvalue weighted by atomic mass is 19.1. The van der Waals surface area contributed by atoms with Crippen molar-refractivity contribution in [1.29, 1.82) is 0 Å². The Morgan fingerprint density at radius 3 is 2.82 bits per heavy atom. The van der Waals surface area contributed by atoms with Crippen LogP contribution >= 0.6 is 0 Å². The van der Waals surface area contributed by atoms with E-state index < -0.39 is 11.6 Å². The van der Waals surface area contributed by atoms with Gasteiger partial charge in [0, 0.05) is 19.2 Å². The molecule has 1 unspecified atom stereocenters. The van der Waals surface area contributed by atoms with Crippen LogP contribution in [0.2, 0.25) is 0 Å². The second kappa shape index (κ2) is 5.45. The van der Waals surface area contributed by atoms with Gasteiger partial charge >= 0.3 is 0 Å². The van der Waals surface area contributed by atoms with Crippen molar-refractivity contribution in [3.63, 3.8) is 0 Å². The van der Waals surface area contributed by atoms with Gasteiger partial charge < -0.3 is 10.1 Å². The van der Waals surface area contributed by atoms with Gasteiger partial charge in [0.25, 0.3) is 0 Å². The van der Waals surface area contributed by atoms with Crippen molar-refractivity contribution >= 4 is 5.69 Å². The van der Waals surface area contributed by atoms with Crippen molar-refractivity contribution in [2.75, 3.05) is 18.5 Å². The molecule has 17 heavy (non-hydrogen) atoms. The Balaban J connectivity index is 1.96. The minimum atomic E-state index is -0.417. The third-order valence-corrected chi connectivity index (χ3v) is 3.04. The molecule has 0 aliphatic carbocycles. The minimum absolute atomic E-state index is 0.104. The van der Waals surface area contributed by atoms with Crippen LogP contribution in [0.3, 0.4) is 0 Å². The van der Waals surface area contributed by atoms with Gasteiger partial charge in [0.15, 0.2) is 0 Å². The first-order valence-corrected chi connectivity index (χ1v) is 5.98. The van der Waals surface area contributed by atoms with E-state index in [4.69, 9.17) is 4.74 Å². The molecule has 0 radical (unpaired) electrons. The average Bonchev–Trinajstić information content (AvgIpc) is 2.33. The van der Waals surface area contributed by atoms with Crippen LogP contribution in [0.1, 0.15) is 24.8 Å². The molecule has 2 nitrogen and oxygen atoms in total. The van der Waals surface area contributed by atoms with Crippen molar-refractivity contribution < 1.29 is 13.5 Å². The molecule has 1 aromatic carbocycles. The number of rotatable bonds is 3. The van der Waals surface area contributed by atoms with E-state index in [2.05, 4.69) is 5.32 Å². The molecule has 0 spiro atoms. The van der Waals surface area contributed by atoms with Gasteiger partial charge in [0.1, 0.15) is 11.6 Å². The molecule has 4 heteroatoms. The Hall–Kier alpha value is -1.16. The molecule has 0 bridgehead atoms. The summed E-state index contributed by atoms with van der Waals surface area (Å²) in [5, 5.41) is 2.91. The maximum atomic E-state index is 13.5. The standard InChI is InChI=1S/C13H17F2NO/c1-9-6-12(15)13(7-11(9)14)16-8-10-4-2-3-5-17-10/h6-7,10,16H,2-5,8H2,1H3. The molecule has 0 saturated carbocycles. The fourth-order valence-corrected chi connectivity index (χ4v) is 1.97. The van der Waals surface area contributed by atoms with Crippen LogP contribution in [-0.4, -0.2) is 19.3 Å². The number of benzene rings is 1. The van der Waals surface area contributed by atoms with Crippen molar-refractivity contribution in [1.82, 2.24) is 0 Å². The Morgan fingerprint density at radius 1 is 1.29 bits per heavy atom. The summed E-state index contributed by atoms with van der Waals surface area (Å²) < 4.78 is 32.3. The summed E-state index contributed by atoms with van der Waals surface area (Å²) in [7, 11) is 0. The maximum absolute atomic E-state index is 13.5. The fourth-order valence-electron chi connectivity index (χ4n) is 1.97. The summed E-state index contributed by atoms with van der Waals surface area (Å²) in [4.78, 5) is 0. The van der Waals surface area contributed by atoms with E-state index in [0.29, 0.717) is 12.1 Å². The first kappa shape index (κ1) is 12.3. The highest BCUT2D eigenvalue weighted by molar-refractivity contribution is 5.46.